The molecule has 0 aromatic heterocycles. The van der Waals surface area contributed by atoms with Crippen LogP contribution in [0.25, 0.3) is 0 Å². The molecule has 0 unspecified atom stereocenters. The molecule has 2 aliphatic rings. The third kappa shape index (κ3) is 3.85. The number of ether oxygens (including phenoxy) is 1. The van der Waals surface area contributed by atoms with Crippen LogP contribution in [0.15, 0.2) is 18.2 Å². The highest BCUT2D eigenvalue weighted by Crippen LogP contribution is 2.41. The maximum Gasteiger partial charge on any atom is 0.270 e. The van der Waals surface area contributed by atoms with Gasteiger partial charge in [0.25, 0.3) is 5.69 Å². The Bertz CT molecular complexity index is 688. The van der Waals surface area contributed by atoms with Gasteiger partial charge in [0, 0.05) is 37.1 Å². The Morgan fingerprint density at radius 3 is 2.72 bits per heavy atom. The van der Waals surface area contributed by atoms with Crippen molar-refractivity contribution in [2.24, 2.45) is 0 Å². The van der Waals surface area contributed by atoms with Crippen molar-refractivity contribution in [3.63, 3.8) is 0 Å². The van der Waals surface area contributed by atoms with Crippen molar-refractivity contribution < 1.29 is 18.9 Å². The topological polar surface area (TPSA) is 81.9 Å². The van der Waals surface area contributed by atoms with Crippen LogP contribution in [-0.2, 0) is 9.22 Å². The SMILES string of the molecule is C[Si](C)(C)O[C@@H]1CCOc2ccc([N+](=O)[O-])cc2[C@H]1N1CCCC1=O. The fourth-order valence-corrected chi connectivity index (χ4v) is 4.72. The number of nitro benzene ring substituents is 1. The lowest BCUT2D eigenvalue weighted by molar-refractivity contribution is -0.385. The van der Waals surface area contributed by atoms with E-state index in [-0.39, 0.29) is 23.7 Å². The summed E-state index contributed by atoms with van der Waals surface area (Å²) in [6, 6.07) is 4.29. The third-order valence-electron chi connectivity index (χ3n) is 4.49. The van der Waals surface area contributed by atoms with E-state index in [0.717, 1.165) is 6.42 Å². The Labute approximate surface area is 148 Å². The zero-order chi connectivity index (χ0) is 18.2. The minimum atomic E-state index is -1.87. The second-order valence-corrected chi connectivity index (χ2v) is 12.0. The van der Waals surface area contributed by atoms with E-state index in [1.807, 2.05) is 4.90 Å². The number of hydrogen-bond donors (Lipinski definition) is 0. The normalized spacial score (nSPS) is 23.8. The summed E-state index contributed by atoms with van der Waals surface area (Å²) in [6.07, 6.45) is 1.76. The summed E-state index contributed by atoms with van der Waals surface area (Å²) < 4.78 is 12.2. The molecule has 136 valence electrons. The van der Waals surface area contributed by atoms with Crippen LogP contribution in [0.1, 0.15) is 30.9 Å². The number of amides is 1. The third-order valence-corrected chi connectivity index (χ3v) is 5.50. The van der Waals surface area contributed by atoms with Crippen molar-refractivity contribution in [1.82, 2.24) is 4.90 Å². The van der Waals surface area contributed by atoms with E-state index in [0.29, 0.717) is 37.3 Å². The molecule has 0 spiro atoms. The number of non-ortho nitro benzene ring substituents is 1. The zero-order valence-corrected chi connectivity index (χ0v) is 15.9. The molecule has 7 nitrogen and oxygen atoms in total. The van der Waals surface area contributed by atoms with E-state index in [4.69, 9.17) is 9.16 Å². The van der Waals surface area contributed by atoms with Crippen LogP contribution in [0.5, 0.6) is 5.75 Å². The highest BCUT2D eigenvalue weighted by molar-refractivity contribution is 6.69. The molecule has 0 radical (unpaired) electrons. The molecule has 1 aromatic rings. The van der Waals surface area contributed by atoms with Crippen LogP contribution in [-0.4, -0.2) is 43.3 Å². The summed E-state index contributed by atoms with van der Waals surface area (Å²) in [4.78, 5) is 25.1. The van der Waals surface area contributed by atoms with Crippen LogP contribution >= 0.6 is 0 Å². The molecule has 0 saturated carbocycles. The van der Waals surface area contributed by atoms with Crippen molar-refractivity contribution in [2.45, 2.75) is 51.0 Å². The summed E-state index contributed by atoms with van der Waals surface area (Å²) in [7, 11) is -1.87. The first-order chi connectivity index (χ1) is 11.8. The highest BCUT2D eigenvalue weighted by atomic mass is 28.4. The smallest absolute Gasteiger partial charge is 0.270 e. The van der Waals surface area contributed by atoms with Gasteiger partial charge < -0.3 is 14.1 Å². The fraction of sp³-hybridized carbons (Fsp3) is 0.588. The second-order valence-electron chi connectivity index (χ2n) is 7.52. The van der Waals surface area contributed by atoms with Gasteiger partial charge >= 0.3 is 0 Å². The number of carbonyl (C=O) groups excluding carboxylic acids is 1. The monoisotopic (exact) mass is 364 g/mol. The largest absolute Gasteiger partial charge is 0.493 e. The summed E-state index contributed by atoms with van der Waals surface area (Å²) in [5, 5.41) is 11.2. The molecule has 1 aromatic carbocycles. The fourth-order valence-electron chi connectivity index (χ4n) is 3.56. The number of carbonyl (C=O) groups is 1. The van der Waals surface area contributed by atoms with Crippen molar-refractivity contribution >= 4 is 19.9 Å². The predicted molar refractivity (Wildman–Crippen MR) is 95.1 cm³/mol. The number of benzene rings is 1. The molecule has 2 atom stereocenters. The summed E-state index contributed by atoms with van der Waals surface area (Å²) in [5.74, 6) is 0.686. The molecule has 2 heterocycles. The molecule has 1 saturated heterocycles. The van der Waals surface area contributed by atoms with E-state index in [2.05, 4.69) is 19.6 Å². The first-order valence-corrected chi connectivity index (χ1v) is 12.1. The number of rotatable bonds is 4. The lowest BCUT2D eigenvalue weighted by Gasteiger charge is -2.36. The minimum absolute atomic E-state index is 0.00708. The highest BCUT2D eigenvalue weighted by Gasteiger charge is 2.40. The maximum absolute atomic E-state index is 12.4. The molecule has 0 N–H and O–H groups in total. The van der Waals surface area contributed by atoms with Crippen LogP contribution in [0, 0.1) is 10.1 Å². The average Bonchev–Trinajstić information content (AvgIpc) is 2.85. The van der Waals surface area contributed by atoms with Crippen molar-refractivity contribution in [3.05, 3.63) is 33.9 Å². The van der Waals surface area contributed by atoms with Gasteiger partial charge in [-0.2, -0.15) is 0 Å². The van der Waals surface area contributed by atoms with E-state index in [9.17, 15) is 14.9 Å². The molecule has 1 fully saturated rings. The van der Waals surface area contributed by atoms with Gasteiger partial charge in [-0.1, -0.05) is 0 Å². The molecular formula is C17H24N2O5Si. The maximum atomic E-state index is 12.4. The quantitative estimate of drug-likeness (QED) is 0.465. The number of hydrogen-bond acceptors (Lipinski definition) is 5. The molecular weight excluding hydrogens is 340 g/mol. The van der Waals surface area contributed by atoms with Crippen LogP contribution < -0.4 is 4.74 Å². The Morgan fingerprint density at radius 2 is 2.12 bits per heavy atom. The lowest BCUT2D eigenvalue weighted by Crippen LogP contribution is -2.43. The number of nitrogens with zero attached hydrogens (tertiary/aromatic N) is 2. The predicted octanol–water partition coefficient (Wildman–Crippen LogP) is 3.26. The second kappa shape index (κ2) is 6.76. The number of nitro groups is 1. The van der Waals surface area contributed by atoms with Gasteiger partial charge in [0.15, 0.2) is 8.32 Å². The van der Waals surface area contributed by atoms with Gasteiger partial charge in [-0.25, -0.2) is 0 Å². The first kappa shape index (κ1) is 17.9. The summed E-state index contributed by atoms with van der Waals surface area (Å²) >= 11 is 0. The average molecular weight is 364 g/mol. The first-order valence-electron chi connectivity index (χ1n) is 8.65. The Hall–Kier alpha value is -1.93. The van der Waals surface area contributed by atoms with Gasteiger partial charge in [0.05, 0.1) is 23.7 Å². The Kier molecular flexibility index (Phi) is 4.83. The number of fused-ring (bicyclic) bond motifs is 1. The molecule has 3 rings (SSSR count). The lowest BCUT2D eigenvalue weighted by atomic mass is 9.97. The molecule has 8 heteroatoms. The Morgan fingerprint density at radius 1 is 1.36 bits per heavy atom. The molecule has 0 bridgehead atoms. The van der Waals surface area contributed by atoms with E-state index in [1.54, 1.807) is 6.07 Å². The number of likely N-dealkylation sites (tertiary alicyclic amines) is 1. The van der Waals surface area contributed by atoms with E-state index in [1.165, 1.54) is 12.1 Å². The van der Waals surface area contributed by atoms with Crippen LogP contribution in [0.4, 0.5) is 5.69 Å². The minimum Gasteiger partial charge on any atom is -0.493 e. The van der Waals surface area contributed by atoms with E-state index >= 15 is 0 Å². The molecule has 0 aliphatic carbocycles. The van der Waals surface area contributed by atoms with Crippen molar-refractivity contribution in [2.75, 3.05) is 13.2 Å². The van der Waals surface area contributed by atoms with Crippen molar-refractivity contribution in [1.29, 1.82) is 0 Å². The summed E-state index contributed by atoms with van der Waals surface area (Å²) in [6.45, 7) is 7.44. The standard InChI is InChI=1S/C17H24N2O5Si/c1-25(2,3)24-15-8-10-23-14-7-6-12(19(21)22)11-13(14)17(15)18-9-4-5-16(18)20/h6-7,11,15,17H,4-5,8-10H2,1-3H3/t15-,17-/m1/s1. The van der Waals surface area contributed by atoms with Gasteiger partial charge in [0.1, 0.15) is 5.75 Å². The van der Waals surface area contributed by atoms with Crippen molar-refractivity contribution in [3.8, 4) is 5.75 Å². The molecule has 1 amide bonds. The Balaban J connectivity index is 2.08. The van der Waals surface area contributed by atoms with Gasteiger partial charge in [-0.3, -0.25) is 14.9 Å². The van der Waals surface area contributed by atoms with E-state index < -0.39 is 13.2 Å². The van der Waals surface area contributed by atoms with Gasteiger partial charge in [-0.15, -0.1) is 0 Å². The van der Waals surface area contributed by atoms with Crippen LogP contribution in [0.3, 0.4) is 0 Å². The van der Waals surface area contributed by atoms with Gasteiger partial charge in [0.2, 0.25) is 5.91 Å². The van der Waals surface area contributed by atoms with Crippen LogP contribution in [0.2, 0.25) is 19.6 Å². The zero-order valence-electron chi connectivity index (χ0n) is 14.9. The summed E-state index contributed by atoms with van der Waals surface area (Å²) in [5.41, 5.74) is 0.692. The molecule has 25 heavy (non-hydrogen) atoms. The molecule has 2 aliphatic heterocycles. The van der Waals surface area contributed by atoms with Gasteiger partial charge in [-0.05, 0) is 32.1 Å².